The third-order valence-electron chi connectivity index (χ3n) is 4.89. The van der Waals surface area contributed by atoms with Gasteiger partial charge in [-0.25, -0.2) is 0 Å². The van der Waals surface area contributed by atoms with E-state index in [1.54, 1.807) is 18.7 Å². The van der Waals surface area contributed by atoms with Gasteiger partial charge in [-0.3, -0.25) is 9.79 Å². The number of allylic oxidation sites excluding steroid dienone is 1. The van der Waals surface area contributed by atoms with E-state index in [1.165, 1.54) is 27.8 Å². The third-order valence-corrected chi connectivity index (χ3v) is 5.98. The highest BCUT2D eigenvalue weighted by atomic mass is 32.2. The van der Waals surface area contributed by atoms with Crippen LogP contribution >= 0.6 is 11.8 Å². The molecule has 0 fully saturated rings. The molecule has 0 atom stereocenters. The molecule has 2 nitrogen and oxygen atoms in total. The SMILES string of the molecule is CC(=O)CSCC(N=C(C)c1ccc(C)cc1)=C(C)C.CCc1c(C)cccc1C. The van der Waals surface area contributed by atoms with Crippen molar-refractivity contribution in [2.45, 2.75) is 61.8 Å². The molecule has 0 unspecified atom stereocenters. The maximum atomic E-state index is 11.0. The smallest absolute Gasteiger partial charge is 0.139 e. The fourth-order valence-electron chi connectivity index (χ4n) is 3.05. The average Bonchev–Trinajstić information content (AvgIpc) is 2.68. The highest BCUT2D eigenvalue weighted by Gasteiger charge is 2.03. The van der Waals surface area contributed by atoms with Gasteiger partial charge in [0.25, 0.3) is 0 Å². The first-order valence-electron chi connectivity index (χ1n) is 10.6. The number of carbonyl (C=O) groups excluding carboxylic acids is 1. The normalized spacial score (nSPS) is 10.9. The lowest BCUT2D eigenvalue weighted by molar-refractivity contribution is -0.114. The van der Waals surface area contributed by atoms with E-state index in [9.17, 15) is 4.79 Å². The number of hydrogen-bond acceptors (Lipinski definition) is 3. The summed E-state index contributed by atoms with van der Waals surface area (Å²) in [4.78, 5) is 15.7. The number of carbonyl (C=O) groups is 1. The summed E-state index contributed by atoms with van der Waals surface area (Å²) in [6.45, 7) is 16.4. The lowest BCUT2D eigenvalue weighted by atomic mass is 10.0. The second-order valence-corrected chi connectivity index (χ2v) is 8.91. The van der Waals surface area contributed by atoms with Gasteiger partial charge in [-0.2, -0.15) is 0 Å². The first kappa shape index (κ1) is 25.9. The van der Waals surface area contributed by atoms with Crippen LogP contribution in [0.4, 0.5) is 0 Å². The molecule has 2 aromatic rings. The Kier molecular flexibility index (Phi) is 11.4. The van der Waals surface area contributed by atoms with Gasteiger partial charge >= 0.3 is 0 Å². The molecule has 0 bridgehead atoms. The molecule has 0 amide bonds. The van der Waals surface area contributed by atoms with Crippen LogP contribution in [0.2, 0.25) is 0 Å². The van der Waals surface area contributed by atoms with Crippen LogP contribution in [-0.4, -0.2) is 23.0 Å². The Morgan fingerprint density at radius 2 is 1.43 bits per heavy atom. The highest BCUT2D eigenvalue weighted by molar-refractivity contribution is 8.00. The van der Waals surface area contributed by atoms with Crippen LogP contribution in [0, 0.1) is 20.8 Å². The number of thioether (sulfide) groups is 1. The van der Waals surface area contributed by atoms with Gasteiger partial charge < -0.3 is 0 Å². The molecular formula is C27H37NOS. The Bertz CT molecular complexity index is 867. The number of aryl methyl sites for hydroxylation is 3. The van der Waals surface area contributed by atoms with Crippen molar-refractivity contribution in [1.29, 1.82) is 0 Å². The summed E-state index contributed by atoms with van der Waals surface area (Å²) in [5.74, 6) is 1.54. The predicted molar refractivity (Wildman–Crippen MR) is 135 cm³/mol. The molecule has 3 heteroatoms. The van der Waals surface area contributed by atoms with Crippen molar-refractivity contribution in [2.24, 2.45) is 4.99 Å². The number of ketones is 1. The molecule has 30 heavy (non-hydrogen) atoms. The van der Waals surface area contributed by atoms with Crippen LogP contribution in [0.15, 0.2) is 58.7 Å². The van der Waals surface area contributed by atoms with E-state index in [2.05, 4.69) is 84.0 Å². The molecule has 162 valence electrons. The van der Waals surface area contributed by atoms with Crippen LogP contribution in [-0.2, 0) is 11.2 Å². The van der Waals surface area contributed by atoms with Crippen LogP contribution in [0.5, 0.6) is 0 Å². The van der Waals surface area contributed by atoms with Crippen molar-refractivity contribution in [3.8, 4) is 0 Å². The van der Waals surface area contributed by atoms with Crippen LogP contribution in [0.25, 0.3) is 0 Å². The van der Waals surface area contributed by atoms with Crippen molar-refractivity contribution in [2.75, 3.05) is 11.5 Å². The first-order chi connectivity index (χ1) is 14.1. The van der Waals surface area contributed by atoms with E-state index >= 15 is 0 Å². The Morgan fingerprint density at radius 3 is 1.87 bits per heavy atom. The quantitative estimate of drug-likeness (QED) is 0.438. The molecule has 0 heterocycles. The van der Waals surface area contributed by atoms with Gasteiger partial charge in [0, 0.05) is 17.2 Å². The molecule has 0 aliphatic carbocycles. The molecule has 0 radical (unpaired) electrons. The maximum Gasteiger partial charge on any atom is 0.139 e. The highest BCUT2D eigenvalue weighted by Crippen LogP contribution is 2.16. The molecule has 0 aromatic heterocycles. The Hall–Kier alpha value is -2.13. The fraction of sp³-hybridized carbons (Fsp3) is 0.407. The van der Waals surface area contributed by atoms with Gasteiger partial charge in [0.1, 0.15) is 5.78 Å². The minimum Gasteiger partial charge on any atom is -0.299 e. The summed E-state index contributed by atoms with van der Waals surface area (Å²) in [5, 5.41) is 0. The van der Waals surface area contributed by atoms with Gasteiger partial charge in [0.2, 0.25) is 0 Å². The van der Waals surface area contributed by atoms with Crippen molar-refractivity contribution >= 4 is 23.3 Å². The van der Waals surface area contributed by atoms with Crippen molar-refractivity contribution in [1.82, 2.24) is 0 Å². The Balaban J connectivity index is 0.000000375. The zero-order valence-corrected chi connectivity index (χ0v) is 20.7. The van der Waals surface area contributed by atoms with Crippen molar-refractivity contribution < 1.29 is 4.79 Å². The van der Waals surface area contributed by atoms with Gasteiger partial charge in [0.15, 0.2) is 0 Å². The molecule has 0 N–H and O–H groups in total. The van der Waals surface area contributed by atoms with Crippen molar-refractivity contribution in [3.05, 3.63) is 81.6 Å². The van der Waals surface area contributed by atoms with Gasteiger partial charge in [-0.05, 0) is 77.1 Å². The molecule has 2 rings (SSSR count). The molecule has 0 aliphatic rings. The first-order valence-corrected chi connectivity index (χ1v) is 11.7. The number of benzene rings is 2. The van der Waals surface area contributed by atoms with Gasteiger partial charge in [-0.15, -0.1) is 11.8 Å². The summed E-state index contributed by atoms with van der Waals surface area (Å²) in [7, 11) is 0. The molecular weight excluding hydrogens is 386 g/mol. The van der Waals surface area contributed by atoms with Crippen LogP contribution in [0.1, 0.15) is 62.4 Å². The number of rotatable bonds is 7. The van der Waals surface area contributed by atoms with Crippen LogP contribution < -0.4 is 0 Å². The van der Waals surface area contributed by atoms with E-state index in [1.807, 2.05) is 6.92 Å². The molecule has 2 aromatic carbocycles. The summed E-state index contributed by atoms with van der Waals surface area (Å²) >= 11 is 1.62. The summed E-state index contributed by atoms with van der Waals surface area (Å²) in [6.07, 6.45) is 1.15. The largest absolute Gasteiger partial charge is 0.299 e. The second-order valence-electron chi connectivity index (χ2n) is 7.93. The lowest BCUT2D eigenvalue weighted by Gasteiger charge is -2.07. The molecule has 0 saturated heterocycles. The monoisotopic (exact) mass is 423 g/mol. The Morgan fingerprint density at radius 1 is 0.867 bits per heavy atom. The predicted octanol–water partition coefficient (Wildman–Crippen LogP) is 7.29. The summed E-state index contributed by atoms with van der Waals surface area (Å²) < 4.78 is 0. The van der Waals surface area contributed by atoms with Crippen LogP contribution in [0.3, 0.4) is 0 Å². The third kappa shape index (κ3) is 9.13. The summed E-state index contributed by atoms with van der Waals surface area (Å²) in [5.41, 5.74) is 10.0. The summed E-state index contributed by atoms with van der Waals surface area (Å²) in [6, 6.07) is 14.8. The Labute approximate surface area is 187 Å². The second kappa shape index (κ2) is 13.2. The van der Waals surface area contributed by atoms with E-state index in [0.717, 1.165) is 29.1 Å². The standard InChI is InChI=1S/C17H23NOS.C10H14/c1-12(2)17(11-20-10-14(4)19)18-15(5)16-8-6-13(3)7-9-16;1-4-10-8(2)6-5-7-9(10)3/h6-9H,10-11H2,1-5H3;5-7H,4H2,1-3H3. The molecule has 0 spiro atoms. The average molecular weight is 424 g/mol. The molecule has 0 aliphatic heterocycles. The van der Waals surface area contributed by atoms with Crippen molar-refractivity contribution in [3.63, 3.8) is 0 Å². The maximum absolute atomic E-state index is 11.0. The number of hydrogen-bond donors (Lipinski definition) is 0. The van der Waals surface area contributed by atoms with E-state index in [4.69, 9.17) is 4.99 Å². The van der Waals surface area contributed by atoms with Gasteiger partial charge in [0.05, 0.1) is 5.75 Å². The number of aliphatic imine (C=N–C) groups is 1. The number of nitrogens with zero attached hydrogens (tertiary/aromatic N) is 1. The zero-order chi connectivity index (χ0) is 22.7. The fourth-order valence-corrected chi connectivity index (χ4v) is 3.98. The zero-order valence-electron chi connectivity index (χ0n) is 19.9. The minimum absolute atomic E-state index is 0.211. The minimum atomic E-state index is 0.211. The number of Topliss-reactive ketones (excluding diaryl/α,β-unsaturated/α-hetero) is 1. The van der Waals surface area contributed by atoms with E-state index < -0.39 is 0 Å². The molecule has 0 saturated carbocycles. The topological polar surface area (TPSA) is 29.4 Å². The lowest BCUT2D eigenvalue weighted by Crippen LogP contribution is -2.00. The van der Waals surface area contributed by atoms with E-state index in [0.29, 0.717) is 5.75 Å². The van der Waals surface area contributed by atoms with E-state index in [-0.39, 0.29) is 5.78 Å². The van der Waals surface area contributed by atoms with Gasteiger partial charge in [-0.1, -0.05) is 60.5 Å².